The average molecular weight is 369 g/mol. The summed E-state index contributed by atoms with van der Waals surface area (Å²) in [6, 6.07) is 8.70. The van der Waals surface area contributed by atoms with E-state index in [9.17, 15) is 13.6 Å². The molecule has 1 heterocycles. The Bertz CT molecular complexity index is 729. The maximum absolute atomic E-state index is 14.5. The molecule has 7 heteroatoms. The zero-order chi connectivity index (χ0) is 18.6. The Labute approximate surface area is 150 Å². The molecule has 1 atom stereocenters. The van der Waals surface area contributed by atoms with Gasteiger partial charge in [0, 0.05) is 20.4 Å². The summed E-state index contributed by atoms with van der Waals surface area (Å²) < 4.78 is 40.2. The molecule has 25 heavy (non-hydrogen) atoms. The number of benzene rings is 1. The molecule has 0 unspecified atom stereocenters. The minimum atomic E-state index is -1.73. The Morgan fingerprint density at radius 3 is 2.36 bits per heavy atom. The van der Waals surface area contributed by atoms with E-state index in [1.54, 1.807) is 6.92 Å². The quantitative estimate of drug-likeness (QED) is 0.515. The van der Waals surface area contributed by atoms with E-state index in [0.717, 1.165) is 23.5 Å². The topological polar surface area (TPSA) is 40.5 Å². The molecule has 0 spiro atoms. The van der Waals surface area contributed by atoms with Gasteiger partial charge < -0.3 is 14.0 Å². The number of aromatic nitrogens is 1. The van der Waals surface area contributed by atoms with Gasteiger partial charge in [-0.05, 0) is 18.2 Å². The third-order valence-corrected chi connectivity index (χ3v) is 5.18. The minimum Gasteiger partial charge on any atom is -0.338 e. The number of hydrogen-bond donors (Lipinski definition) is 0. The van der Waals surface area contributed by atoms with Crippen molar-refractivity contribution in [3.63, 3.8) is 0 Å². The van der Waals surface area contributed by atoms with Crippen molar-refractivity contribution in [3.8, 4) is 0 Å². The summed E-state index contributed by atoms with van der Waals surface area (Å²) in [7, 11) is 2.60. The van der Waals surface area contributed by atoms with Gasteiger partial charge in [0.15, 0.2) is 11.6 Å². The Balaban J connectivity index is 2.56. The predicted octanol–water partition coefficient (Wildman–Crippen LogP) is 4.26. The maximum atomic E-state index is 14.5. The van der Waals surface area contributed by atoms with Crippen molar-refractivity contribution in [1.29, 1.82) is 0 Å². The summed E-state index contributed by atoms with van der Waals surface area (Å²) in [5.74, 6) is -2.57. The largest absolute Gasteiger partial charge is 0.338 e. The first-order valence-electron chi connectivity index (χ1n) is 7.81. The number of nitrogens with zero attached hydrogens (tertiary/aromatic N) is 1. The van der Waals surface area contributed by atoms with Crippen LogP contribution in [0.5, 0.6) is 0 Å². The molecule has 1 aromatic heterocycles. The van der Waals surface area contributed by atoms with Crippen molar-refractivity contribution in [2.75, 3.05) is 20.0 Å². The van der Waals surface area contributed by atoms with Gasteiger partial charge in [0.05, 0.1) is 6.04 Å². The van der Waals surface area contributed by atoms with Crippen LogP contribution >= 0.6 is 11.8 Å². The van der Waals surface area contributed by atoms with Crippen molar-refractivity contribution >= 4 is 17.5 Å². The van der Waals surface area contributed by atoms with Crippen molar-refractivity contribution in [2.24, 2.45) is 0 Å². The number of thioether (sulfide) groups is 1. The van der Waals surface area contributed by atoms with Crippen molar-refractivity contribution in [3.05, 3.63) is 59.4 Å². The zero-order valence-corrected chi connectivity index (χ0v) is 15.4. The normalized spacial score (nSPS) is 13.0. The van der Waals surface area contributed by atoms with Crippen molar-refractivity contribution in [1.82, 2.24) is 4.57 Å². The SMILES string of the molecule is CCSC(OC)(OC)C(=O)c1c(F)c(F)cn1[C@H](C)c1ccccc1. The second-order valence-electron chi connectivity index (χ2n) is 5.36. The highest BCUT2D eigenvalue weighted by atomic mass is 32.2. The molecule has 136 valence electrons. The van der Waals surface area contributed by atoms with E-state index in [0.29, 0.717) is 5.75 Å². The molecule has 0 amide bonds. The van der Waals surface area contributed by atoms with E-state index in [2.05, 4.69) is 0 Å². The first-order chi connectivity index (χ1) is 11.9. The van der Waals surface area contributed by atoms with Crippen molar-refractivity contribution < 1.29 is 23.0 Å². The van der Waals surface area contributed by atoms with Crippen LogP contribution in [0.1, 0.15) is 35.9 Å². The molecule has 2 aromatic rings. The number of methoxy groups -OCH3 is 2. The Morgan fingerprint density at radius 2 is 1.84 bits per heavy atom. The fraction of sp³-hybridized carbons (Fsp3) is 0.389. The monoisotopic (exact) mass is 369 g/mol. The van der Waals surface area contributed by atoms with Gasteiger partial charge in [-0.25, -0.2) is 8.78 Å². The predicted molar refractivity (Wildman–Crippen MR) is 93.8 cm³/mol. The lowest BCUT2D eigenvalue weighted by molar-refractivity contribution is -0.102. The molecule has 0 aliphatic carbocycles. The molecule has 0 bridgehead atoms. The van der Waals surface area contributed by atoms with E-state index in [4.69, 9.17) is 9.47 Å². The third kappa shape index (κ3) is 3.63. The number of halogens is 2. The molecule has 0 radical (unpaired) electrons. The fourth-order valence-electron chi connectivity index (χ4n) is 2.67. The first-order valence-corrected chi connectivity index (χ1v) is 8.80. The van der Waals surface area contributed by atoms with Crippen LogP contribution in [0, 0.1) is 11.6 Å². The van der Waals surface area contributed by atoms with Gasteiger partial charge in [-0.2, -0.15) is 0 Å². The summed E-state index contributed by atoms with van der Waals surface area (Å²) in [5.41, 5.74) is 0.411. The second kappa shape index (κ2) is 8.12. The lowest BCUT2D eigenvalue weighted by Crippen LogP contribution is -2.41. The van der Waals surface area contributed by atoms with E-state index >= 15 is 0 Å². The molecule has 0 aliphatic heterocycles. The number of ether oxygens (including phenoxy) is 2. The molecule has 0 N–H and O–H groups in total. The van der Waals surface area contributed by atoms with Gasteiger partial charge in [-0.15, -0.1) is 0 Å². The molecule has 4 nitrogen and oxygen atoms in total. The summed E-state index contributed by atoms with van der Waals surface area (Å²) in [6.45, 7) is 3.58. The van der Waals surface area contributed by atoms with Gasteiger partial charge in [0.25, 0.3) is 10.9 Å². The number of Topliss-reactive ketones (excluding diaryl/α,β-unsaturated/α-hetero) is 1. The molecule has 0 aliphatic rings. The van der Waals surface area contributed by atoms with Gasteiger partial charge >= 0.3 is 0 Å². The smallest absolute Gasteiger partial charge is 0.286 e. The van der Waals surface area contributed by atoms with Crippen LogP contribution in [0.2, 0.25) is 0 Å². The van der Waals surface area contributed by atoms with Crippen LogP contribution in [0.25, 0.3) is 0 Å². The van der Waals surface area contributed by atoms with Crippen LogP contribution in [0.4, 0.5) is 8.78 Å². The lowest BCUT2D eigenvalue weighted by atomic mass is 10.1. The summed E-state index contributed by atoms with van der Waals surface area (Å²) >= 11 is 1.06. The third-order valence-electron chi connectivity index (χ3n) is 3.99. The number of hydrogen-bond acceptors (Lipinski definition) is 4. The van der Waals surface area contributed by atoms with E-state index in [-0.39, 0.29) is 0 Å². The Hall–Kier alpha value is -1.70. The number of ketones is 1. The van der Waals surface area contributed by atoms with Crippen LogP contribution in [-0.2, 0) is 9.47 Å². The first kappa shape index (κ1) is 19.6. The molecule has 1 aromatic carbocycles. The molecule has 0 fully saturated rings. The van der Waals surface area contributed by atoms with Crippen LogP contribution < -0.4 is 0 Å². The van der Waals surface area contributed by atoms with E-state index in [1.807, 2.05) is 37.3 Å². The number of carbonyl (C=O) groups excluding carboxylic acids is 1. The average Bonchev–Trinajstić information content (AvgIpc) is 2.94. The van der Waals surface area contributed by atoms with E-state index < -0.39 is 34.3 Å². The molecule has 0 saturated heterocycles. The van der Waals surface area contributed by atoms with Gasteiger partial charge in [0.1, 0.15) is 5.69 Å². The number of rotatable bonds is 8. The number of carbonyl (C=O) groups is 1. The van der Waals surface area contributed by atoms with Crippen LogP contribution in [0.15, 0.2) is 36.5 Å². The molecular weight excluding hydrogens is 348 g/mol. The fourth-order valence-corrected chi connectivity index (χ4v) is 3.51. The van der Waals surface area contributed by atoms with Gasteiger partial charge in [-0.3, -0.25) is 4.79 Å². The van der Waals surface area contributed by atoms with Crippen molar-refractivity contribution in [2.45, 2.75) is 25.0 Å². The summed E-state index contributed by atoms with van der Waals surface area (Å²) in [4.78, 5) is 13.0. The molecular formula is C18H21F2NO3S. The highest BCUT2D eigenvalue weighted by Gasteiger charge is 2.44. The zero-order valence-electron chi connectivity index (χ0n) is 14.6. The second-order valence-corrected chi connectivity index (χ2v) is 6.76. The maximum Gasteiger partial charge on any atom is 0.286 e. The van der Waals surface area contributed by atoms with Gasteiger partial charge in [-0.1, -0.05) is 49.0 Å². The minimum absolute atomic E-state index is 0.404. The van der Waals surface area contributed by atoms with Gasteiger partial charge in [0.2, 0.25) is 0 Å². The summed E-state index contributed by atoms with van der Waals surface area (Å²) in [5, 5.41) is -1.73. The lowest BCUT2D eigenvalue weighted by Gasteiger charge is -2.29. The molecule has 0 saturated carbocycles. The summed E-state index contributed by atoms with van der Waals surface area (Å²) in [6.07, 6.45) is 0.993. The molecule has 2 rings (SSSR count). The van der Waals surface area contributed by atoms with E-state index in [1.165, 1.54) is 18.8 Å². The Kier molecular flexibility index (Phi) is 6.37. The van der Waals surface area contributed by atoms with Crippen LogP contribution in [-0.4, -0.2) is 35.4 Å². The Morgan fingerprint density at radius 1 is 1.24 bits per heavy atom. The highest BCUT2D eigenvalue weighted by molar-refractivity contribution is 8.01. The van der Waals surface area contributed by atoms with Crippen LogP contribution in [0.3, 0.4) is 0 Å². The highest BCUT2D eigenvalue weighted by Crippen LogP contribution is 2.34. The standard InChI is InChI=1S/C18H21F2NO3S/c1-5-25-18(23-3,24-4)17(22)16-15(20)14(19)11-21(16)12(2)13-9-7-6-8-10-13/h6-12H,5H2,1-4H3/t12-/m1/s1.